The van der Waals surface area contributed by atoms with Crippen molar-refractivity contribution in [2.24, 2.45) is 10.1 Å². The van der Waals surface area contributed by atoms with Crippen LogP contribution in [0.2, 0.25) is 0 Å². The van der Waals surface area contributed by atoms with Gasteiger partial charge in [-0.2, -0.15) is 5.10 Å². The Bertz CT molecular complexity index is 832. The standard InChI is InChI=1S/C14H10N4O5.Na.2H2O/c19-13-8-17(14(20)16-13)15-7-11-5-6-12(23-11)9-1-3-10(4-2-9)18(21)22;;;/h1-7H,8H2,(H,16,19,20);;2*1H2/q;+1;;/p-1/b15-7+;;;. The summed E-state index contributed by atoms with van der Waals surface area (Å²) in [6.07, 6.45) is 1.29. The first kappa shape index (κ1) is 23.4. The van der Waals surface area contributed by atoms with Gasteiger partial charge in [0.05, 0.1) is 17.7 Å². The number of amides is 2. The summed E-state index contributed by atoms with van der Waals surface area (Å²) in [6, 6.07) is 8.47. The maximum atomic E-state index is 11.3. The molecule has 3 rings (SSSR count). The number of nitro groups is 1. The Hall–Kier alpha value is -2.57. The summed E-state index contributed by atoms with van der Waals surface area (Å²) in [5.74, 6) is 0.318. The largest absolute Gasteiger partial charge is 1.00 e. The molecule has 0 atom stereocenters. The monoisotopic (exact) mass is 372 g/mol. The third kappa shape index (κ3) is 5.21. The van der Waals surface area contributed by atoms with E-state index in [0.29, 0.717) is 17.1 Å². The Morgan fingerprint density at radius 1 is 1.19 bits per heavy atom. The zero-order chi connectivity index (χ0) is 16.4. The molecule has 0 unspecified atom stereocenters. The average molecular weight is 372 g/mol. The number of non-ortho nitro benzene ring substituents is 1. The van der Waals surface area contributed by atoms with E-state index < -0.39 is 16.9 Å². The number of hydrogen-bond acceptors (Lipinski definition) is 6. The van der Waals surface area contributed by atoms with Gasteiger partial charge in [0.25, 0.3) is 5.69 Å². The summed E-state index contributed by atoms with van der Waals surface area (Å²) in [4.78, 5) is 24.6. The smallest absolute Gasteiger partial charge is 0.860 e. The number of furan rings is 1. The molecule has 2 aromatic rings. The Morgan fingerprint density at radius 2 is 1.85 bits per heavy atom. The molecule has 2 amide bonds. The van der Waals surface area contributed by atoms with E-state index >= 15 is 0 Å². The van der Waals surface area contributed by atoms with Crippen molar-refractivity contribution in [1.29, 1.82) is 0 Å². The molecule has 0 spiro atoms. The molecule has 0 fully saturated rings. The predicted molar refractivity (Wildman–Crippen MR) is 85.2 cm³/mol. The summed E-state index contributed by atoms with van der Waals surface area (Å²) in [6.45, 7) is -0.189. The molecular weight excluding hydrogens is 359 g/mol. The van der Waals surface area contributed by atoms with Crippen molar-refractivity contribution in [2.45, 2.75) is 0 Å². The van der Waals surface area contributed by atoms with Crippen LogP contribution in [0.25, 0.3) is 11.3 Å². The minimum Gasteiger partial charge on any atom is -0.860 e. The van der Waals surface area contributed by atoms with Crippen LogP contribution in [0, 0.1) is 10.1 Å². The van der Waals surface area contributed by atoms with E-state index in [9.17, 15) is 20.0 Å². The SMILES string of the molecule is O.O.O=C1N=C([O-])CN1/N=C/c1ccc(-c2ccc([N+](=O)[O-])cc2)o1.[Na+]. The summed E-state index contributed by atoms with van der Waals surface area (Å²) in [5, 5.41) is 26.3. The van der Waals surface area contributed by atoms with E-state index in [0.717, 1.165) is 5.01 Å². The number of benzene rings is 1. The first-order valence-corrected chi connectivity index (χ1v) is 6.47. The number of rotatable bonds is 4. The van der Waals surface area contributed by atoms with Crippen LogP contribution in [-0.2, 0) is 0 Å². The van der Waals surface area contributed by atoms with Crippen LogP contribution < -0.4 is 34.7 Å². The third-order valence-electron chi connectivity index (χ3n) is 3.04. The second-order valence-electron chi connectivity index (χ2n) is 4.60. The molecule has 0 aliphatic carbocycles. The van der Waals surface area contributed by atoms with Crippen LogP contribution in [0.3, 0.4) is 0 Å². The molecule has 2 heterocycles. The number of aliphatic imine (C=N–C) groups is 1. The van der Waals surface area contributed by atoms with Gasteiger partial charge < -0.3 is 20.5 Å². The van der Waals surface area contributed by atoms with Gasteiger partial charge in [-0.25, -0.2) is 14.8 Å². The molecule has 0 saturated carbocycles. The third-order valence-corrected chi connectivity index (χ3v) is 3.04. The van der Waals surface area contributed by atoms with Crippen LogP contribution >= 0.6 is 0 Å². The van der Waals surface area contributed by atoms with Gasteiger partial charge in [-0.3, -0.25) is 10.1 Å². The maximum absolute atomic E-state index is 11.3. The van der Waals surface area contributed by atoms with Crippen molar-refractivity contribution in [2.75, 3.05) is 6.54 Å². The van der Waals surface area contributed by atoms with Crippen molar-refractivity contribution in [1.82, 2.24) is 5.01 Å². The van der Waals surface area contributed by atoms with Gasteiger partial charge in [0.2, 0.25) is 0 Å². The Kier molecular flexibility index (Phi) is 8.83. The van der Waals surface area contributed by atoms with Crippen molar-refractivity contribution in [3.05, 3.63) is 52.3 Å². The fraction of sp³-hybridized carbons (Fsp3) is 0.0714. The second-order valence-corrected chi connectivity index (χ2v) is 4.60. The zero-order valence-electron chi connectivity index (χ0n) is 13.6. The van der Waals surface area contributed by atoms with Crippen LogP contribution in [0.15, 0.2) is 50.9 Å². The van der Waals surface area contributed by atoms with E-state index in [-0.39, 0.29) is 52.7 Å². The van der Waals surface area contributed by atoms with Crippen LogP contribution in [0.5, 0.6) is 0 Å². The molecular formula is C14H13N4NaO7. The Balaban J connectivity index is 0.00000208. The van der Waals surface area contributed by atoms with Crippen LogP contribution in [-0.4, -0.2) is 45.6 Å². The first-order chi connectivity index (χ1) is 11.0. The molecule has 1 aromatic heterocycles. The first-order valence-electron chi connectivity index (χ1n) is 6.47. The van der Waals surface area contributed by atoms with Gasteiger partial charge in [-0.05, 0) is 30.2 Å². The Labute approximate surface area is 168 Å². The van der Waals surface area contributed by atoms with Gasteiger partial charge in [-0.15, -0.1) is 0 Å². The molecule has 0 radical (unpaired) electrons. The molecule has 1 aliphatic rings. The number of nitrogens with zero attached hydrogens (tertiary/aromatic N) is 4. The number of nitro benzene ring substituents is 1. The number of carbonyl (C=O) groups is 1. The van der Waals surface area contributed by atoms with E-state index in [2.05, 4.69) is 10.1 Å². The van der Waals surface area contributed by atoms with Gasteiger partial charge in [0, 0.05) is 17.7 Å². The quantitative estimate of drug-likeness (QED) is 0.235. The normalized spacial score (nSPS) is 12.8. The molecule has 12 heteroatoms. The van der Waals surface area contributed by atoms with E-state index in [1.165, 1.54) is 18.3 Å². The summed E-state index contributed by atoms with van der Waals surface area (Å²) >= 11 is 0. The molecule has 11 nitrogen and oxygen atoms in total. The molecule has 4 N–H and O–H groups in total. The minimum absolute atomic E-state index is 0. The van der Waals surface area contributed by atoms with Crippen LogP contribution in [0.4, 0.5) is 10.5 Å². The second kappa shape index (κ2) is 9.79. The summed E-state index contributed by atoms with van der Waals surface area (Å²) < 4.78 is 5.52. The number of hydrazone groups is 1. The predicted octanol–water partition coefficient (Wildman–Crippen LogP) is -3.26. The van der Waals surface area contributed by atoms with Crippen molar-refractivity contribution >= 4 is 23.8 Å². The average Bonchev–Trinajstić information content (AvgIpc) is 3.11. The van der Waals surface area contributed by atoms with Gasteiger partial charge >= 0.3 is 35.6 Å². The van der Waals surface area contributed by atoms with Crippen LogP contribution in [0.1, 0.15) is 5.76 Å². The van der Waals surface area contributed by atoms with Crippen molar-refractivity contribution in [3.8, 4) is 11.3 Å². The van der Waals surface area contributed by atoms with Gasteiger partial charge in [0.1, 0.15) is 11.5 Å². The van der Waals surface area contributed by atoms with E-state index in [1.807, 2.05) is 0 Å². The number of carbonyl (C=O) groups excluding carboxylic acids is 1. The zero-order valence-corrected chi connectivity index (χ0v) is 15.6. The molecule has 1 aliphatic heterocycles. The Morgan fingerprint density at radius 3 is 2.38 bits per heavy atom. The summed E-state index contributed by atoms with van der Waals surface area (Å²) in [7, 11) is 0. The van der Waals surface area contributed by atoms with Gasteiger partial charge in [0.15, 0.2) is 0 Å². The van der Waals surface area contributed by atoms with E-state index in [1.54, 1.807) is 24.3 Å². The maximum Gasteiger partial charge on any atom is 1.00 e. The van der Waals surface area contributed by atoms with Gasteiger partial charge in [-0.1, -0.05) is 0 Å². The number of hydrogen-bond donors (Lipinski definition) is 0. The number of urea groups is 1. The molecule has 0 bridgehead atoms. The minimum atomic E-state index is -0.714. The van der Waals surface area contributed by atoms with Crippen molar-refractivity contribution < 1.29 is 59.8 Å². The fourth-order valence-corrected chi connectivity index (χ4v) is 1.94. The topological polar surface area (TPSA) is 187 Å². The fourth-order valence-electron chi connectivity index (χ4n) is 1.94. The molecule has 1 aromatic carbocycles. The van der Waals surface area contributed by atoms with E-state index in [4.69, 9.17) is 4.42 Å². The summed E-state index contributed by atoms with van der Waals surface area (Å²) in [5.41, 5.74) is 0.653. The molecule has 26 heavy (non-hydrogen) atoms. The molecule has 132 valence electrons. The molecule has 0 saturated heterocycles. The van der Waals surface area contributed by atoms with Crippen molar-refractivity contribution in [3.63, 3.8) is 0 Å².